The van der Waals surface area contributed by atoms with E-state index in [1.54, 1.807) is 19.5 Å². The topological polar surface area (TPSA) is 67.3 Å². The smallest absolute Gasteiger partial charge is 0.274 e. The van der Waals surface area contributed by atoms with Crippen molar-refractivity contribution in [3.63, 3.8) is 0 Å². The largest absolute Gasteiger partial charge is 0.385 e. The van der Waals surface area contributed by atoms with Crippen molar-refractivity contribution in [1.82, 2.24) is 14.9 Å². The fourth-order valence-corrected chi connectivity index (χ4v) is 2.34. The number of likely N-dealkylation sites (tertiary alicyclic amines) is 1. The number of carbonyl (C=O) groups excluding carboxylic acids is 1. The molecule has 0 aromatic carbocycles. The van der Waals surface area contributed by atoms with Gasteiger partial charge in [-0.1, -0.05) is 6.92 Å². The Labute approximate surface area is 125 Å². The van der Waals surface area contributed by atoms with E-state index in [4.69, 9.17) is 4.74 Å². The van der Waals surface area contributed by atoms with Crippen LogP contribution in [0.25, 0.3) is 0 Å². The zero-order valence-electron chi connectivity index (χ0n) is 12.8. The summed E-state index contributed by atoms with van der Waals surface area (Å²) in [5.41, 5.74) is 0.423. The van der Waals surface area contributed by atoms with Crippen molar-refractivity contribution < 1.29 is 9.53 Å². The Hall–Kier alpha value is -1.69. The van der Waals surface area contributed by atoms with Gasteiger partial charge in [0.15, 0.2) is 0 Å². The Morgan fingerprint density at radius 1 is 1.38 bits per heavy atom. The van der Waals surface area contributed by atoms with Crippen LogP contribution in [0.2, 0.25) is 0 Å². The number of amides is 1. The highest BCUT2D eigenvalue weighted by Crippen LogP contribution is 2.17. The third-order valence-corrected chi connectivity index (χ3v) is 3.77. The first-order valence-electron chi connectivity index (χ1n) is 7.55. The van der Waals surface area contributed by atoms with Crippen LogP contribution in [0.1, 0.15) is 36.7 Å². The van der Waals surface area contributed by atoms with E-state index in [1.807, 2.05) is 4.90 Å². The van der Waals surface area contributed by atoms with Gasteiger partial charge in [0.25, 0.3) is 5.91 Å². The molecule has 0 bridgehead atoms. The highest BCUT2D eigenvalue weighted by atomic mass is 16.5. The minimum absolute atomic E-state index is 0.0136. The minimum Gasteiger partial charge on any atom is -0.385 e. The molecule has 1 saturated heterocycles. The van der Waals surface area contributed by atoms with E-state index in [1.165, 1.54) is 0 Å². The maximum absolute atomic E-state index is 12.3. The van der Waals surface area contributed by atoms with Crippen molar-refractivity contribution >= 4 is 11.7 Å². The van der Waals surface area contributed by atoms with Crippen molar-refractivity contribution in [1.29, 1.82) is 0 Å². The lowest BCUT2D eigenvalue weighted by Gasteiger charge is -2.29. The van der Waals surface area contributed by atoms with Crippen LogP contribution < -0.4 is 5.32 Å². The first kappa shape index (κ1) is 15.7. The summed E-state index contributed by atoms with van der Waals surface area (Å²) in [5.74, 6) is 1.38. The second-order valence-electron chi connectivity index (χ2n) is 5.53. The second-order valence-corrected chi connectivity index (χ2v) is 5.53. The maximum atomic E-state index is 12.3. The lowest BCUT2D eigenvalue weighted by Crippen LogP contribution is -2.38. The molecule has 1 aliphatic heterocycles. The van der Waals surface area contributed by atoms with Crippen LogP contribution in [0.5, 0.6) is 0 Å². The zero-order valence-corrected chi connectivity index (χ0v) is 12.8. The van der Waals surface area contributed by atoms with Gasteiger partial charge in [0.1, 0.15) is 11.5 Å². The van der Waals surface area contributed by atoms with Gasteiger partial charge in [-0.2, -0.15) is 0 Å². The van der Waals surface area contributed by atoms with E-state index in [0.29, 0.717) is 24.0 Å². The van der Waals surface area contributed by atoms with Crippen LogP contribution in [0.4, 0.5) is 5.82 Å². The molecule has 1 fully saturated rings. The van der Waals surface area contributed by atoms with Crippen molar-refractivity contribution in [2.24, 2.45) is 5.92 Å². The van der Waals surface area contributed by atoms with Gasteiger partial charge in [-0.05, 0) is 25.2 Å². The van der Waals surface area contributed by atoms with Crippen LogP contribution in [0, 0.1) is 5.92 Å². The molecule has 2 heterocycles. The zero-order chi connectivity index (χ0) is 15.1. The summed E-state index contributed by atoms with van der Waals surface area (Å²) < 4.78 is 4.98. The number of hydrogen-bond donors (Lipinski definition) is 1. The Bertz CT molecular complexity index is 441. The molecule has 0 saturated carbocycles. The molecule has 0 radical (unpaired) electrons. The number of hydrogen-bond acceptors (Lipinski definition) is 5. The number of aromatic nitrogens is 2. The molecule has 1 N–H and O–H groups in total. The van der Waals surface area contributed by atoms with E-state index < -0.39 is 0 Å². The average molecular weight is 292 g/mol. The monoisotopic (exact) mass is 292 g/mol. The minimum atomic E-state index is -0.0136. The van der Waals surface area contributed by atoms with Gasteiger partial charge >= 0.3 is 0 Å². The molecule has 6 nitrogen and oxygen atoms in total. The molecule has 2 rings (SSSR count). The van der Waals surface area contributed by atoms with Crippen LogP contribution in [-0.4, -0.2) is 54.1 Å². The number of piperidine rings is 1. The summed E-state index contributed by atoms with van der Waals surface area (Å²) in [7, 11) is 1.68. The van der Waals surface area contributed by atoms with E-state index in [0.717, 1.165) is 38.9 Å². The summed E-state index contributed by atoms with van der Waals surface area (Å²) in [6.07, 6.45) is 6.22. The Kier molecular flexibility index (Phi) is 5.92. The third kappa shape index (κ3) is 4.67. The maximum Gasteiger partial charge on any atom is 0.274 e. The van der Waals surface area contributed by atoms with Crippen LogP contribution in [0.3, 0.4) is 0 Å². The summed E-state index contributed by atoms with van der Waals surface area (Å²) in [5, 5.41) is 3.15. The lowest BCUT2D eigenvalue weighted by atomic mass is 9.99. The summed E-state index contributed by atoms with van der Waals surface area (Å²) in [6, 6.07) is 0. The predicted octanol–water partition coefficient (Wildman–Crippen LogP) is 1.80. The molecule has 116 valence electrons. The van der Waals surface area contributed by atoms with Crippen LogP contribution in [-0.2, 0) is 4.74 Å². The van der Waals surface area contributed by atoms with Crippen LogP contribution >= 0.6 is 0 Å². The van der Waals surface area contributed by atoms with Gasteiger partial charge in [-0.25, -0.2) is 9.97 Å². The van der Waals surface area contributed by atoms with Crippen molar-refractivity contribution in [3.8, 4) is 0 Å². The average Bonchev–Trinajstić information content (AvgIpc) is 2.52. The quantitative estimate of drug-likeness (QED) is 0.810. The number of methoxy groups -OCH3 is 1. The van der Waals surface area contributed by atoms with Gasteiger partial charge < -0.3 is 15.0 Å². The molecule has 0 atom stereocenters. The van der Waals surface area contributed by atoms with Crippen molar-refractivity contribution in [3.05, 3.63) is 18.1 Å². The number of nitrogens with zero attached hydrogens (tertiary/aromatic N) is 3. The Morgan fingerprint density at radius 3 is 2.76 bits per heavy atom. The SMILES string of the molecule is COCCCNc1cnc(C(=O)N2CCC(C)CC2)cn1. The molecule has 21 heavy (non-hydrogen) atoms. The third-order valence-electron chi connectivity index (χ3n) is 3.77. The van der Waals surface area contributed by atoms with E-state index in [9.17, 15) is 4.79 Å². The first-order chi connectivity index (χ1) is 10.2. The first-order valence-corrected chi connectivity index (χ1v) is 7.55. The molecule has 0 aliphatic carbocycles. The fraction of sp³-hybridized carbons (Fsp3) is 0.667. The van der Waals surface area contributed by atoms with Crippen molar-refractivity contribution in [2.75, 3.05) is 38.7 Å². The number of rotatable bonds is 6. The van der Waals surface area contributed by atoms with Gasteiger partial charge in [-0.3, -0.25) is 4.79 Å². The normalized spacial score (nSPS) is 16.0. The summed E-state index contributed by atoms with van der Waals surface area (Å²) >= 11 is 0. The van der Waals surface area contributed by atoms with Gasteiger partial charge in [0.05, 0.1) is 12.4 Å². The molecule has 1 aromatic rings. The van der Waals surface area contributed by atoms with E-state index in [-0.39, 0.29) is 5.91 Å². The van der Waals surface area contributed by atoms with Crippen LogP contribution in [0.15, 0.2) is 12.4 Å². The highest BCUT2D eigenvalue weighted by Gasteiger charge is 2.22. The molecule has 0 spiro atoms. The number of nitrogens with one attached hydrogen (secondary N) is 1. The summed E-state index contributed by atoms with van der Waals surface area (Å²) in [6.45, 7) is 5.35. The number of ether oxygens (including phenoxy) is 1. The Morgan fingerprint density at radius 2 is 2.14 bits per heavy atom. The summed E-state index contributed by atoms with van der Waals surface area (Å²) in [4.78, 5) is 22.6. The van der Waals surface area contributed by atoms with E-state index in [2.05, 4.69) is 22.2 Å². The Balaban J connectivity index is 1.85. The van der Waals surface area contributed by atoms with Gasteiger partial charge in [0.2, 0.25) is 0 Å². The molecular weight excluding hydrogens is 268 g/mol. The number of anilines is 1. The molecular formula is C15H24N4O2. The predicted molar refractivity (Wildman–Crippen MR) is 81.3 cm³/mol. The van der Waals surface area contributed by atoms with E-state index >= 15 is 0 Å². The van der Waals surface area contributed by atoms with Gasteiger partial charge in [0, 0.05) is 33.4 Å². The van der Waals surface area contributed by atoms with Gasteiger partial charge in [-0.15, -0.1) is 0 Å². The number of carbonyl (C=O) groups is 1. The lowest BCUT2D eigenvalue weighted by molar-refractivity contribution is 0.0691. The highest BCUT2D eigenvalue weighted by molar-refractivity contribution is 5.92. The van der Waals surface area contributed by atoms with Crippen molar-refractivity contribution in [2.45, 2.75) is 26.2 Å². The molecule has 0 unspecified atom stereocenters. The standard InChI is InChI=1S/C15H24N4O2/c1-12-4-7-19(8-5-12)15(20)13-10-18-14(11-17-13)16-6-3-9-21-2/h10-12H,3-9H2,1-2H3,(H,16,18). The molecule has 1 aliphatic rings. The molecule has 1 aromatic heterocycles. The fourth-order valence-electron chi connectivity index (χ4n) is 2.34. The molecule has 1 amide bonds. The molecule has 6 heteroatoms. The second kappa shape index (κ2) is 7.93.